The van der Waals surface area contributed by atoms with E-state index in [0.29, 0.717) is 18.4 Å². The van der Waals surface area contributed by atoms with Crippen LogP contribution in [0, 0.1) is 45.8 Å². The number of esters is 4. The summed E-state index contributed by atoms with van der Waals surface area (Å²) in [5.74, 6) is -1.27. The molecule has 45 heavy (non-hydrogen) atoms. The molecule has 10 heteroatoms. The molecule has 0 aromatic carbocycles. The predicted octanol–water partition coefficient (Wildman–Crippen LogP) is 4.04. The summed E-state index contributed by atoms with van der Waals surface area (Å²) in [4.78, 5) is 63.3. The van der Waals surface area contributed by atoms with Crippen LogP contribution in [0.2, 0.25) is 0 Å². The van der Waals surface area contributed by atoms with Gasteiger partial charge in [0.15, 0.2) is 11.9 Å². The van der Waals surface area contributed by atoms with Crippen molar-refractivity contribution in [3.8, 4) is 0 Å². The van der Waals surface area contributed by atoms with Gasteiger partial charge in [-0.3, -0.25) is 19.2 Å². The van der Waals surface area contributed by atoms with Gasteiger partial charge in [0.2, 0.25) is 0 Å². The van der Waals surface area contributed by atoms with E-state index in [1.807, 2.05) is 6.92 Å². The van der Waals surface area contributed by atoms with E-state index in [2.05, 4.69) is 20.8 Å². The lowest BCUT2D eigenvalue weighted by Crippen LogP contribution is -2.61. The first-order chi connectivity index (χ1) is 21.2. The van der Waals surface area contributed by atoms with Crippen molar-refractivity contribution in [3.05, 3.63) is 23.3 Å². The second-order valence-electron chi connectivity index (χ2n) is 15.1. The molecule has 4 saturated carbocycles. The SMILES string of the molecule is CC(=O)OCC1=C(C)CC([C@@H](C)C2CCC3C4C[C@H]5O[C@]56[C@H](OC(C)=O)C=CC(=O)[C@@]65C(C)C45C[C@@H](OC(C)=O)[C@@]32C)OC1=O. The number of fused-ring (bicyclic) bond motifs is 2. The minimum absolute atomic E-state index is 0.0274. The van der Waals surface area contributed by atoms with E-state index in [0.717, 1.165) is 24.8 Å². The summed E-state index contributed by atoms with van der Waals surface area (Å²) in [6.45, 7) is 12.4. The van der Waals surface area contributed by atoms with Crippen LogP contribution in [-0.2, 0) is 47.7 Å². The molecule has 1 saturated heterocycles. The maximum atomic E-state index is 14.1. The highest BCUT2D eigenvalue weighted by Crippen LogP contribution is 2.91. The Hall–Kier alpha value is -3.01. The second kappa shape index (κ2) is 9.75. The molecule has 10 nitrogen and oxygen atoms in total. The van der Waals surface area contributed by atoms with Crippen LogP contribution in [0.3, 0.4) is 0 Å². The number of hydrogen-bond donors (Lipinski definition) is 0. The van der Waals surface area contributed by atoms with Crippen molar-refractivity contribution in [2.75, 3.05) is 6.61 Å². The molecular formula is C35H44O10. The number of carbonyl (C=O) groups excluding carboxylic acids is 5. The maximum Gasteiger partial charge on any atom is 0.337 e. The Morgan fingerprint density at radius 1 is 1.04 bits per heavy atom. The van der Waals surface area contributed by atoms with Gasteiger partial charge in [-0.25, -0.2) is 4.79 Å². The minimum atomic E-state index is -0.871. The Kier molecular flexibility index (Phi) is 6.64. The average Bonchev–Trinajstić information content (AvgIpc) is 3.75. The van der Waals surface area contributed by atoms with E-state index in [-0.39, 0.29) is 60.2 Å². The van der Waals surface area contributed by atoms with E-state index < -0.39 is 52.0 Å². The van der Waals surface area contributed by atoms with Crippen molar-refractivity contribution >= 4 is 29.7 Å². The lowest BCUT2D eigenvalue weighted by atomic mass is 9.47. The van der Waals surface area contributed by atoms with Gasteiger partial charge in [-0.1, -0.05) is 26.3 Å². The van der Waals surface area contributed by atoms with Crippen LogP contribution >= 0.6 is 0 Å². The molecule has 5 aliphatic carbocycles. The molecule has 7 aliphatic rings. The number of carbonyl (C=O) groups is 5. The van der Waals surface area contributed by atoms with Gasteiger partial charge >= 0.3 is 23.9 Å². The molecule has 0 radical (unpaired) electrons. The smallest absolute Gasteiger partial charge is 0.337 e. The molecule has 5 fully saturated rings. The molecule has 0 aromatic heterocycles. The minimum Gasteiger partial charge on any atom is -0.462 e. The third kappa shape index (κ3) is 3.69. The molecular weight excluding hydrogens is 580 g/mol. The first-order valence-electron chi connectivity index (χ1n) is 16.5. The molecule has 2 heterocycles. The van der Waals surface area contributed by atoms with Gasteiger partial charge < -0.3 is 23.7 Å². The largest absolute Gasteiger partial charge is 0.462 e. The molecule has 13 atom stereocenters. The summed E-state index contributed by atoms with van der Waals surface area (Å²) in [7, 11) is 0. The quantitative estimate of drug-likeness (QED) is 0.242. The number of ketones is 1. The van der Waals surface area contributed by atoms with Crippen LogP contribution in [0.4, 0.5) is 0 Å². The summed E-state index contributed by atoms with van der Waals surface area (Å²) in [6.07, 6.45) is 5.29. The fourth-order valence-corrected chi connectivity index (χ4v) is 12.0. The lowest BCUT2D eigenvalue weighted by Gasteiger charge is -2.57. The number of hydrogen-bond acceptors (Lipinski definition) is 10. The number of allylic oxidation sites excluding steroid dienone is 1. The summed E-state index contributed by atoms with van der Waals surface area (Å²) in [5, 5.41) is 0. The molecule has 0 aromatic rings. The van der Waals surface area contributed by atoms with Crippen LogP contribution in [-0.4, -0.2) is 66.3 Å². The average molecular weight is 625 g/mol. The zero-order valence-electron chi connectivity index (χ0n) is 27.2. The fraction of sp³-hybridized carbons (Fsp3) is 0.743. The van der Waals surface area contributed by atoms with Crippen LogP contribution in [0.5, 0.6) is 0 Å². The number of rotatable bonds is 6. The van der Waals surface area contributed by atoms with Crippen molar-refractivity contribution in [1.82, 2.24) is 0 Å². The first kappa shape index (κ1) is 30.6. The molecule has 2 aliphatic heterocycles. The first-order valence-corrected chi connectivity index (χ1v) is 16.5. The highest BCUT2D eigenvalue weighted by atomic mass is 16.7. The zero-order chi connectivity index (χ0) is 32.4. The van der Waals surface area contributed by atoms with Crippen LogP contribution < -0.4 is 0 Å². The van der Waals surface area contributed by atoms with E-state index >= 15 is 0 Å². The van der Waals surface area contributed by atoms with Crippen molar-refractivity contribution in [2.24, 2.45) is 45.8 Å². The zero-order valence-corrected chi connectivity index (χ0v) is 27.2. The van der Waals surface area contributed by atoms with Crippen molar-refractivity contribution < 1.29 is 47.7 Å². The number of cyclic esters (lactones) is 1. The van der Waals surface area contributed by atoms with Gasteiger partial charge in [-0.2, -0.15) is 0 Å². The summed E-state index contributed by atoms with van der Waals surface area (Å²) in [5.41, 5.74) is -1.30. The fourth-order valence-electron chi connectivity index (χ4n) is 12.0. The Labute approximate surface area is 263 Å². The van der Waals surface area contributed by atoms with Crippen LogP contribution in [0.15, 0.2) is 23.3 Å². The standard InChI is InChI=1S/C35H44O10/c1-16-12-26(44-31(40)22(16)15-41-19(4)36)17(2)23-8-9-24-25-13-29-35(45-29)28(42-20(5)37)11-10-27(39)34(35)18(3)33(25,34)14-30(32(23,24)7)43-21(6)38/h10-11,17-18,23-26,28-30H,8-9,12-15H2,1-7H3/t17-,18?,23?,24?,25?,26?,28+,29+,30+,32+,33?,34+,35+/m0/s1. The van der Waals surface area contributed by atoms with Gasteiger partial charge in [0.25, 0.3) is 0 Å². The van der Waals surface area contributed by atoms with Crippen molar-refractivity contribution in [2.45, 2.75) is 111 Å². The summed E-state index contributed by atoms with van der Waals surface area (Å²) < 4.78 is 29.7. The van der Waals surface area contributed by atoms with Crippen molar-refractivity contribution in [1.29, 1.82) is 0 Å². The third-order valence-corrected chi connectivity index (χ3v) is 13.7. The Balaban J connectivity index is 1.23. The molecule has 3 spiro atoms. The lowest BCUT2D eigenvalue weighted by molar-refractivity contribution is -0.187. The van der Waals surface area contributed by atoms with Crippen molar-refractivity contribution in [3.63, 3.8) is 0 Å². The number of ether oxygens (including phenoxy) is 5. The Morgan fingerprint density at radius 3 is 2.40 bits per heavy atom. The summed E-state index contributed by atoms with van der Waals surface area (Å²) >= 11 is 0. The second-order valence-corrected chi connectivity index (χ2v) is 15.1. The monoisotopic (exact) mass is 624 g/mol. The van der Waals surface area contributed by atoms with E-state index in [4.69, 9.17) is 23.7 Å². The molecule has 7 rings (SSSR count). The molecule has 244 valence electrons. The normalized spacial score (nSPS) is 47.6. The third-order valence-electron chi connectivity index (χ3n) is 13.7. The summed E-state index contributed by atoms with van der Waals surface area (Å²) in [6, 6.07) is 0. The van der Waals surface area contributed by atoms with Gasteiger partial charge in [-0.15, -0.1) is 0 Å². The Bertz CT molecular complexity index is 1460. The van der Waals surface area contributed by atoms with Gasteiger partial charge in [0.05, 0.1) is 17.1 Å². The van der Waals surface area contributed by atoms with Gasteiger partial charge in [0, 0.05) is 32.6 Å². The Morgan fingerprint density at radius 2 is 1.76 bits per heavy atom. The highest BCUT2D eigenvalue weighted by molar-refractivity contribution is 6.02. The number of epoxide rings is 1. The van der Waals surface area contributed by atoms with E-state index in [1.165, 1.54) is 20.8 Å². The van der Waals surface area contributed by atoms with Gasteiger partial charge in [-0.05, 0) is 79.8 Å². The van der Waals surface area contributed by atoms with E-state index in [9.17, 15) is 24.0 Å². The van der Waals surface area contributed by atoms with Crippen LogP contribution in [0.1, 0.15) is 80.6 Å². The highest BCUT2D eigenvalue weighted by Gasteiger charge is 2.98. The topological polar surface area (TPSA) is 135 Å². The molecule has 0 N–H and O–H groups in total. The van der Waals surface area contributed by atoms with E-state index in [1.54, 1.807) is 12.2 Å². The van der Waals surface area contributed by atoms with Crippen LogP contribution in [0.25, 0.3) is 0 Å². The predicted molar refractivity (Wildman–Crippen MR) is 157 cm³/mol. The van der Waals surface area contributed by atoms with Gasteiger partial charge in [0.1, 0.15) is 24.4 Å². The maximum absolute atomic E-state index is 14.1. The molecule has 6 unspecified atom stereocenters. The molecule has 0 amide bonds. The molecule has 0 bridgehead atoms.